The summed E-state index contributed by atoms with van der Waals surface area (Å²) in [6.45, 7) is 1.26. The topological polar surface area (TPSA) is 35.2 Å². The van der Waals surface area contributed by atoms with Gasteiger partial charge in [-0.05, 0) is 49.3 Å². The Morgan fingerprint density at radius 1 is 1.26 bits per heavy atom. The van der Waals surface area contributed by atoms with Gasteiger partial charge in [-0.3, -0.25) is 0 Å². The normalized spacial score (nSPS) is 30.8. The molecule has 0 spiro atoms. The molecule has 0 amide bonds. The van der Waals surface area contributed by atoms with Crippen LogP contribution in [0, 0.1) is 23.0 Å². The molecule has 2 N–H and O–H groups in total. The van der Waals surface area contributed by atoms with Crippen LogP contribution < -0.4 is 5.73 Å². The van der Waals surface area contributed by atoms with E-state index in [1.807, 2.05) is 0 Å². The van der Waals surface area contributed by atoms with Crippen LogP contribution in [0.5, 0.6) is 0 Å². The van der Waals surface area contributed by atoms with Gasteiger partial charge in [-0.15, -0.1) is 0 Å². The van der Waals surface area contributed by atoms with Crippen LogP contribution in [0.4, 0.5) is 8.78 Å². The van der Waals surface area contributed by atoms with Crippen LogP contribution in [0.2, 0.25) is 0 Å². The summed E-state index contributed by atoms with van der Waals surface area (Å²) >= 11 is 0. The highest BCUT2D eigenvalue weighted by atomic mass is 19.2. The van der Waals surface area contributed by atoms with Crippen LogP contribution in [0.25, 0.3) is 0 Å². The zero-order chi connectivity index (χ0) is 13.5. The van der Waals surface area contributed by atoms with E-state index in [9.17, 15) is 8.78 Å². The molecule has 0 radical (unpaired) electrons. The zero-order valence-corrected chi connectivity index (χ0v) is 10.9. The van der Waals surface area contributed by atoms with E-state index in [0.717, 1.165) is 18.6 Å². The minimum absolute atomic E-state index is 0.106. The summed E-state index contributed by atoms with van der Waals surface area (Å²) in [6, 6.07) is 4.13. The lowest BCUT2D eigenvalue weighted by Crippen LogP contribution is -2.41. The Kier molecular flexibility index (Phi) is 3.31. The number of rotatable bonds is 4. The highest BCUT2D eigenvalue weighted by molar-refractivity contribution is 5.21. The predicted octanol–water partition coefficient (Wildman–Crippen LogP) is 2.65. The van der Waals surface area contributed by atoms with Gasteiger partial charge in [0.05, 0.1) is 6.10 Å². The van der Waals surface area contributed by atoms with Crippen molar-refractivity contribution in [1.29, 1.82) is 0 Å². The average Bonchev–Trinajstić information content (AvgIpc) is 3.16. The molecule has 0 bridgehead atoms. The van der Waals surface area contributed by atoms with Crippen LogP contribution in [-0.2, 0) is 11.2 Å². The summed E-state index contributed by atoms with van der Waals surface area (Å²) in [5.41, 5.74) is 6.69. The van der Waals surface area contributed by atoms with Gasteiger partial charge in [0.2, 0.25) is 0 Å². The maximum Gasteiger partial charge on any atom is 0.159 e. The van der Waals surface area contributed by atoms with E-state index < -0.39 is 11.6 Å². The lowest BCUT2D eigenvalue weighted by molar-refractivity contribution is 0.0344. The van der Waals surface area contributed by atoms with Crippen molar-refractivity contribution in [3.63, 3.8) is 0 Å². The Bertz CT molecular complexity index is 475. The molecule has 19 heavy (non-hydrogen) atoms. The molecule has 2 fully saturated rings. The molecular weight excluding hydrogens is 248 g/mol. The third-order valence-corrected chi connectivity index (χ3v) is 4.50. The minimum atomic E-state index is -0.799. The second kappa shape index (κ2) is 4.84. The van der Waals surface area contributed by atoms with Crippen molar-refractivity contribution in [3.8, 4) is 0 Å². The highest BCUT2D eigenvalue weighted by Gasteiger charge is 2.50. The van der Waals surface area contributed by atoms with E-state index >= 15 is 0 Å². The molecule has 1 aromatic carbocycles. The van der Waals surface area contributed by atoms with E-state index in [0.29, 0.717) is 18.9 Å². The molecule has 4 heteroatoms. The minimum Gasteiger partial charge on any atom is -0.377 e. The SMILES string of the molecule is NCC1(Cc2ccc(F)c(F)c2)CCOC1C1CC1. The van der Waals surface area contributed by atoms with Gasteiger partial charge < -0.3 is 10.5 Å². The Hall–Kier alpha value is -1.00. The second-order valence-electron chi connectivity index (χ2n) is 5.87. The first-order valence-corrected chi connectivity index (χ1v) is 6.90. The quantitative estimate of drug-likeness (QED) is 0.910. The zero-order valence-electron chi connectivity index (χ0n) is 10.9. The van der Waals surface area contributed by atoms with Gasteiger partial charge in [0.25, 0.3) is 0 Å². The number of hydrogen-bond acceptors (Lipinski definition) is 2. The second-order valence-corrected chi connectivity index (χ2v) is 5.87. The third-order valence-electron chi connectivity index (χ3n) is 4.50. The van der Waals surface area contributed by atoms with E-state index in [-0.39, 0.29) is 11.5 Å². The maximum atomic E-state index is 13.3. The van der Waals surface area contributed by atoms with Crippen molar-refractivity contribution < 1.29 is 13.5 Å². The molecule has 3 rings (SSSR count). The fraction of sp³-hybridized carbons (Fsp3) is 0.600. The fourth-order valence-electron chi connectivity index (χ4n) is 3.28. The molecule has 1 heterocycles. The van der Waals surface area contributed by atoms with Crippen LogP contribution >= 0.6 is 0 Å². The summed E-state index contributed by atoms with van der Waals surface area (Å²) < 4.78 is 32.2. The van der Waals surface area contributed by atoms with Gasteiger partial charge in [0.15, 0.2) is 11.6 Å². The Labute approximate surface area is 111 Å². The van der Waals surface area contributed by atoms with Crippen LogP contribution in [0.3, 0.4) is 0 Å². The molecular formula is C15H19F2NO. The molecule has 1 aliphatic carbocycles. The van der Waals surface area contributed by atoms with Gasteiger partial charge in [-0.1, -0.05) is 6.07 Å². The monoisotopic (exact) mass is 267 g/mol. The standard InChI is InChI=1S/C15H19F2NO/c16-12-4-1-10(7-13(12)17)8-15(9-18)5-6-19-14(15)11-2-3-11/h1,4,7,11,14H,2-3,5-6,8-9,18H2. The molecule has 0 aromatic heterocycles. The molecule has 1 saturated carbocycles. The van der Waals surface area contributed by atoms with Gasteiger partial charge in [0.1, 0.15) is 0 Å². The van der Waals surface area contributed by atoms with Crippen LogP contribution in [0.1, 0.15) is 24.8 Å². The highest BCUT2D eigenvalue weighted by Crippen LogP contribution is 2.48. The van der Waals surface area contributed by atoms with Crippen molar-refractivity contribution in [2.24, 2.45) is 17.1 Å². The Balaban J connectivity index is 1.83. The number of halogens is 2. The first-order chi connectivity index (χ1) is 9.14. The van der Waals surface area contributed by atoms with Crippen molar-refractivity contribution in [3.05, 3.63) is 35.4 Å². The summed E-state index contributed by atoms with van der Waals surface area (Å²) in [4.78, 5) is 0. The van der Waals surface area contributed by atoms with Crippen LogP contribution in [0.15, 0.2) is 18.2 Å². The summed E-state index contributed by atoms with van der Waals surface area (Å²) in [7, 11) is 0. The number of ether oxygens (including phenoxy) is 1. The summed E-state index contributed by atoms with van der Waals surface area (Å²) in [5.74, 6) is -0.977. The summed E-state index contributed by atoms with van der Waals surface area (Å²) in [5, 5.41) is 0. The number of nitrogens with two attached hydrogens (primary N) is 1. The van der Waals surface area contributed by atoms with Gasteiger partial charge in [-0.25, -0.2) is 8.78 Å². The Morgan fingerprint density at radius 2 is 2.05 bits per heavy atom. The molecule has 2 aliphatic rings. The van der Waals surface area contributed by atoms with Crippen molar-refractivity contribution >= 4 is 0 Å². The molecule has 1 aliphatic heterocycles. The van der Waals surface area contributed by atoms with E-state index in [1.54, 1.807) is 6.07 Å². The van der Waals surface area contributed by atoms with E-state index in [1.165, 1.54) is 25.0 Å². The largest absolute Gasteiger partial charge is 0.377 e. The third kappa shape index (κ3) is 2.39. The molecule has 2 atom stereocenters. The molecule has 1 saturated heterocycles. The fourth-order valence-corrected chi connectivity index (χ4v) is 3.28. The van der Waals surface area contributed by atoms with Gasteiger partial charge in [-0.2, -0.15) is 0 Å². The lowest BCUT2D eigenvalue weighted by atomic mass is 9.74. The Morgan fingerprint density at radius 3 is 2.68 bits per heavy atom. The van der Waals surface area contributed by atoms with E-state index in [4.69, 9.17) is 10.5 Å². The predicted molar refractivity (Wildman–Crippen MR) is 68.6 cm³/mol. The molecule has 2 nitrogen and oxygen atoms in total. The smallest absolute Gasteiger partial charge is 0.159 e. The first-order valence-electron chi connectivity index (χ1n) is 6.90. The summed E-state index contributed by atoms with van der Waals surface area (Å²) in [6.07, 6.45) is 4.16. The van der Waals surface area contributed by atoms with Crippen molar-refractivity contribution in [1.82, 2.24) is 0 Å². The van der Waals surface area contributed by atoms with Crippen molar-refractivity contribution in [2.45, 2.75) is 31.8 Å². The number of hydrogen-bond donors (Lipinski definition) is 1. The molecule has 2 unspecified atom stereocenters. The van der Waals surface area contributed by atoms with Gasteiger partial charge >= 0.3 is 0 Å². The van der Waals surface area contributed by atoms with Crippen molar-refractivity contribution in [2.75, 3.05) is 13.2 Å². The lowest BCUT2D eigenvalue weighted by Gasteiger charge is -2.33. The van der Waals surface area contributed by atoms with Gasteiger partial charge in [0, 0.05) is 18.6 Å². The number of benzene rings is 1. The maximum absolute atomic E-state index is 13.3. The molecule has 104 valence electrons. The average molecular weight is 267 g/mol. The first kappa shape index (κ1) is 13.0. The molecule has 1 aromatic rings. The van der Waals surface area contributed by atoms with E-state index in [2.05, 4.69) is 0 Å². The van der Waals surface area contributed by atoms with Crippen LogP contribution in [-0.4, -0.2) is 19.3 Å².